The Balaban J connectivity index is 1.96. The molecule has 0 bridgehead atoms. The molecule has 2 rings (SSSR count). The topological polar surface area (TPSA) is 35.5 Å². The second-order valence-electron chi connectivity index (χ2n) is 4.42. The van der Waals surface area contributed by atoms with Crippen LogP contribution in [0.1, 0.15) is 11.1 Å². The van der Waals surface area contributed by atoms with E-state index >= 15 is 0 Å². The van der Waals surface area contributed by atoms with E-state index in [1.807, 2.05) is 12.1 Å². The first-order chi connectivity index (χ1) is 10.1. The number of benzene rings is 2. The first-order valence-corrected chi connectivity index (χ1v) is 7.10. The number of esters is 1. The number of rotatable bonds is 5. The van der Waals surface area contributed by atoms with Gasteiger partial charge in [-0.15, -0.1) is 0 Å². The molecule has 0 aliphatic rings. The molecular weight excluding hydrogens is 339 g/mol. The van der Waals surface area contributed by atoms with Crippen molar-refractivity contribution in [3.63, 3.8) is 0 Å². The zero-order valence-corrected chi connectivity index (χ0v) is 13.0. The molecular formula is C16H14BrFO3. The summed E-state index contributed by atoms with van der Waals surface area (Å²) in [6.07, 6.45) is 0.236. The predicted molar refractivity (Wildman–Crippen MR) is 80.6 cm³/mol. The average molecular weight is 353 g/mol. The highest BCUT2D eigenvalue weighted by molar-refractivity contribution is 9.10. The Hall–Kier alpha value is -1.88. The Kier molecular flexibility index (Phi) is 5.33. The molecule has 21 heavy (non-hydrogen) atoms. The fourth-order valence-corrected chi connectivity index (χ4v) is 2.21. The molecule has 0 unspecified atom stereocenters. The Bertz CT molecular complexity index is 626. The molecule has 0 amide bonds. The largest absolute Gasteiger partial charge is 0.489 e. The van der Waals surface area contributed by atoms with Crippen LogP contribution in [0.4, 0.5) is 4.39 Å². The number of carbonyl (C=O) groups is 1. The highest BCUT2D eigenvalue weighted by Crippen LogP contribution is 2.21. The molecule has 110 valence electrons. The van der Waals surface area contributed by atoms with E-state index in [9.17, 15) is 9.18 Å². The van der Waals surface area contributed by atoms with Crippen molar-refractivity contribution in [1.82, 2.24) is 0 Å². The summed E-state index contributed by atoms with van der Waals surface area (Å²) < 4.78 is 23.9. The van der Waals surface area contributed by atoms with Crippen molar-refractivity contribution in [1.29, 1.82) is 0 Å². The molecule has 0 fully saturated rings. The van der Waals surface area contributed by atoms with Crippen LogP contribution in [0.15, 0.2) is 46.9 Å². The van der Waals surface area contributed by atoms with Crippen molar-refractivity contribution in [3.05, 3.63) is 63.9 Å². The summed E-state index contributed by atoms with van der Waals surface area (Å²) in [6, 6.07) is 11.7. The van der Waals surface area contributed by atoms with E-state index in [1.54, 1.807) is 18.2 Å². The minimum absolute atomic E-state index is 0.236. The van der Waals surface area contributed by atoms with Crippen LogP contribution in [0.2, 0.25) is 0 Å². The molecule has 0 saturated carbocycles. The summed E-state index contributed by atoms with van der Waals surface area (Å²) in [5.41, 5.74) is 1.72. The number of carbonyl (C=O) groups excluding carboxylic acids is 1. The van der Waals surface area contributed by atoms with Gasteiger partial charge in [0, 0.05) is 10.0 Å². The van der Waals surface area contributed by atoms with E-state index in [0.29, 0.717) is 16.8 Å². The van der Waals surface area contributed by atoms with E-state index in [1.165, 1.54) is 19.2 Å². The van der Waals surface area contributed by atoms with Gasteiger partial charge >= 0.3 is 5.97 Å². The molecule has 0 radical (unpaired) electrons. The molecule has 0 heterocycles. The van der Waals surface area contributed by atoms with Gasteiger partial charge < -0.3 is 9.47 Å². The zero-order valence-electron chi connectivity index (χ0n) is 11.4. The van der Waals surface area contributed by atoms with Gasteiger partial charge in [0.1, 0.15) is 18.2 Å². The fraction of sp³-hybridized carbons (Fsp3) is 0.188. The predicted octanol–water partition coefficient (Wildman–Crippen LogP) is 3.88. The number of ether oxygens (including phenoxy) is 2. The minimum Gasteiger partial charge on any atom is -0.489 e. The lowest BCUT2D eigenvalue weighted by atomic mass is 10.1. The molecule has 0 saturated heterocycles. The Morgan fingerprint density at radius 1 is 1.19 bits per heavy atom. The maximum absolute atomic E-state index is 13.0. The van der Waals surface area contributed by atoms with Gasteiger partial charge in [0.25, 0.3) is 0 Å². The van der Waals surface area contributed by atoms with Crippen LogP contribution in [0, 0.1) is 5.82 Å². The normalized spacial score (nSPS) is 10.2. The molecule has 0 N–H and O–H groups in total. The van der Waals surface area contributed by atoms with Gasteiger partial charge in [-0.3, -0.25) is 4.79 Å². The van der Waals surface area contributed by atoms with Crippen LogP contribution >= 0.6 is 15.9 Å². The summed E-state index contributed by atoms with van der Waals surface area (Å²) in [4.78, 5) is 11.2. The zero-order chi connectivity index (χ0) is 15.2. The molecule has 2 aromatic rings. The van der Waals surface area contributed by atoms with Gasteiger partial charge in [-0.2, -0.15) is 0 Å². The molecule has 0 atom stereocenters. The number of hydrogen-bond acceptors (Lipinski definition) is 3. The minimum atomic E-state index is -0.294. The first-order valence-electron chi connectivity index (χ1n) is 6.31. The number of methoxy groups -OCH3 is 1. The van der Waals surface area contributed by atoms with Crippen LogP contribution in [0.25, 0.3) is 0 Å². The first kappa shape index (κ1) is 15.5. The molecule has 3 nitrogen and oxygen atoms in total. The van der Waals surface area contributed by atoms with Crippen molar-refractivity contribution in [2.75, 3.05) is 7.11 Å². The van der Waals surface area contributed by atoms with Crippen molar-refractivity contribution in [2.45, 2.75) is 13.0 Å². The summed E-state index contributed by atoms with van der Waals surface area (Å²) in [5, 5.41) is 0. The standard InChI is InChI=1S/C16H14BrFO3/c1-20-16(19)8-11-2-6-14(7-3-11)21-10-12-4-5-13(18)9-15(12)17/h2-7,9H,8,10H2,1H3. The highest BCUT2D eigenvalue weighted by atomic mass is 79.9. The van der Waals surface area contributed by atoms with Crippen molar-refractivity contribution in [3.8, 4) is 5.75 Å². The fourth-order valence-electron chi connectivity index (χ4n) is 1.74. The second-order valence-corrected chi connectivity index (χ2v) is 5.28. The maximum atomic E-state index is 13.0. The average Bonchev–Trinajstić information content (AvgIpc) is 2.48. The molecule has 0 aliphatic carbocycles. The molecule has 2 aromatic carbocycles. The van der Waals surface area contributed by atoms with Gasteiger partial charge in [-0.25, -0.2) is 4.39 Å². The lowest BCUT2D eigenvalue weighted by Crippen LogP contribution is -2.04. The summed E-state index contributed by atoms with van der Waals surface area (Å²) in [5.74, 6) is 0.108. The van der Waals surface area contributed by atoms with Crippen molar-refractivity contribution >= 4 is 21.9 Å². The highest BCUT2D eigenvalue weighted by Gasteiger charge is 2.05. The van der Waals surface area contributed by atoms with Crippen LogP contribution in [-0.4, -0.2) is 13.1 Å². The Labute approximate surface area is 130 Å². The molecule has 0 aromatic heterocycles. The van der Waals surface area contributed by atoms with Gasteiger partial charge in [0.2, 0.25) is 0 Å². The van der Waals surface area contributed by atoms with Gasteiger partial charge in [-0.05, 0) is 29.8 Å². The summed E-state index contributed by atoms with van der Waals surface area (Å²) >= 11 is 3.30. The summed E-state index contributed by atoms with van der Waals surface area (Å²) in [6.45, 7) is 0.331. The molecule has 0 aliphatic heterocycles. The van der Waals surface area contributed by atoms with Crippen LogP contribution in [0.3, 0.4) is 0 Å². The second kappa shape index (κ2) is 7.22. The van der Waals surface area contributed by atoms with Gasteiger partial charge in [0.05, 0.1) is 13.5 Å². The van der Waals surface area contributed by atoms with Crippen LogP contribution < -0.4 is 4.74 Å². The summed E-state index contributed by atoms with van der Waals surface area (Å²) in [7, 11) is 1.36. The third-order valence-electron chi connectivity index (χ3n) is 2.91. The number of halogens is 2. The molecule has 0 spiro atoms. The SMILES string of the molecule is COC(=O)Cc1ccc(OCc2ccc(F)cc2Br)cc1. The third kappa shape index (κ3) is 4.56. The van der Waals surface area contributed by atoms with Crippen molar-refractivity contribution in [2.24, 2.45) is 0 Å². The maximum Gasteiger partial charge on any atom is 0.309 e. The van der Waals surface area contributed by atoms with E-state index in [2.05, 4.69) is 20.7 Å². The number of hydrogen-bond donors (Lipinski definition) is 0. The van der Waals surface area contributed by atoms with E-state index < -0.39 is 0 Å². The van der Waals surface area contributed by atoms with E-state index in [0.717, 1.165) is 11.1 Å². The Morgan fingerprint density at radius 2 is 1.90 bits per heavy atom. The third-order valence-corrected chi connectivity index (χ3v) is 3.65. The van der Waals surface area contributed by atoms with Crippen LogP contribution in [-0.2, 0) is 22.6 Å². The van der Waals surface area contributed by atoms with Crippen molar-refractivity contribution < 1.29 is 18.7 Å². The van der Waals surface area contributed by atoms with Crippen LogP contribution in [0.5, 0.6) is 5.75 Å². The van der Waals surface area contributed by atoms with E-state index in [-0.39, 0.29) is 18.2 Å². The quantitative estimate of drug-likeness (QED) is 0.766. The van der Waals surface area contributed by atoms with Gasteiger partial charge in [0.15, 0.2) is 0 Å². The Morgan fingerprint density at radius 3 is 2.52 bits per heavy atom. The van der Waals surface area contributed by atoms with Gasteiger partial charge in [-0.1, -0.05) is 34.1 Å². The monoisotopic (exact) mass is 352 g/mol. The lowest BCUT2D eigenvalue weighted by molar-refractivity contribution is -0.139. The lowest BCUT2D eigenvalue weighted by Gasteiger charge is -2.08. The smallest absolute Gasteiger partial charge is 0.309 e. The molecule has 5 heteroatoms. The van der Waals surface area contributed by atoms with E-state index in [4.69, 9.17) is 4.74 Å².